The lowest BCUT2D eigenvalue weighted by molar-refractivity contribution is -0.119. The molecule has 4 aromatic rings. The molecule has 0 aliphatic heterocycles. The van der Waals surface area contributed by atoms with Crippen LogP contribution in [0.4, 0.5) is 5.69 Å². The number of hydrogen-bond acceptors (Lipinski definition) is 6. The summed E-state index contributed by atoms with van der Waals surface area (Å²) in [6, 6.07) is 20.4. The summed E-state index contributed by atoms with van der Waals surface area (Å²) in [5, 5.41) is 5.07. The van der Waals surface area contributed by atoms with E-state index in [9.17, 15) is 13.2 Å². The third kappa shape index (κ3) is 8.12. The van der Waals surface area contributed by atoms with Gasteiger partial charge in [0.15, 0.2) is 11.5 Å². The SMILES string of the molecule is COc1cc(/C=N\NC(=O)CN(c2ccc(C)cc2C)S(=O)(=O)c2ccc(C)cc2)cc(Br)c1OCc1ccc(Cl)cc1Cl. The topological polar surface area (TPSA) is 97.3 Å². The van der Waals surface area contributed by atoms with Crippen molar-refractivity contribution in [2.75, 3.05) is 18.0 Å². The van der Waals surface area contributed by atoms with Gasteiger partial charge in [-0.25, -0.2) is 13.8 Å². The van der Waals surface area contributed by atoms with Crippen molar-refractivity contribution in [3.05, 3.63) is 115 Å². The number of nitrogens with one attached hydrogen (secondary N) is 1. The van der Waals surface area contributed by atoms with Gasteiger partial charge in [0.1, 0.15) is 13.2 Å². The van der Waals surface area contributed by atoms with Crippen LogP contribution in [0.2, 0.25) is 10.0 Å². The van der Waals surface area contributed by atoms with Gasteiger partial charge in [0.2, 0.25) is 0 Å². The third-order valence-electron chi connectivity index (χ3n) is 6.56. The predicted octanol–water partition coefficient (Wildman–Crippen LogP) is 7.61. The smallest absolute Gasteiger partial charge is 0.264 e. The number of nitrogens with zero attached hydrogens (tertiary/aromatic N) is 2. The first-order valence-corrected chi connectivity index (χ1v) is 16.3. The predicted molar refractivity (Wildman–Crippen MR) is 179 cm³/mol. The minimum atomic E-state index is -4.06. The number of anilines is 1. The highest BCUT2D eigenvalue weighted by Gasteiger charge is 2.28. The number of carbonyl (C=O) groups is 1. The third-order valence-corrected chi connectivity index (χ3v) is 9.51. The molecule has 0 saturated carbocycles. The van der Waals surface area contributed by atoms with Gasteiger partial charge < -0.3 is 9.47 Å². The van der Waals surface area contributed by atoms with Crippen molar-refractivity contribution >= 4 is 67.0 Å². The quantitative estimate of drug-likeness (QED) is 0.127. The van der Waals surface area contributed by atoms with Crippen LogP contribution in [0, 0.1) is 20.8 Å². The molecule has 0 heterocycles. The van der Waals surface area contributed by atoms with Crippen LogP contribution in [0.25, 0.3) is 0 Å². The van der Waals surface area contributed by atoms with Crippen molar-refractivity contribution < 1.29 is 22.7 Å². The highest BCUT2D eigenvalue weighted by molar-refractivity contribution is 9.10. The minimum absolute atomic E-state index is 0.0805. The van der Waals surface area contributed by atoms with E-state index in [2.05, 4.69) is 26.5 Å². The summed E-state index contributed by atoms with van der Waals surface area (Å²) in [7, 11) is -2.56. The Kier molecular flexibility index (Phi) is 11.0. The number of hydrazone groups is 1. The van der Waals surface area contributed by atoms with Gasteiger partial charge in [0.25, 0.3) is 15.9 Å². The van der Waals surface area contributed by atoms with Crippen LogP contribution in [0.15, 0.2) is 87.3 Å². The zero-order chi connectivity index (χ0) is 32.0. The molecule has 4 rings (SSSR count). The molecule has 1 N–H and O–H groups in total. The number of benzene rings is 4. The molecular weight excluding hydrogens is 689 g/mol. The Balaban J connectivity index is 1.51. The zero-order valence-corrected chi connectivity index (χ0v) is 28.3. The van der Waals surface area contributed by atoms with Crippen LogP contribution in [-0.4, -0.2) is 34.2 Å². The fourth-order valence-corrected chi connectivity index (χ4v) is 6.83. The molecule has 8 nitrogen and oxygen atoms in total. The summed E-state index contributed by atoms with van der Waals surface area (Å²) < 4.78 is 40.5. The number of carbonyl (C=O) groups excluding carboxylic acids is 1. The summed E-state index contributed by atoms with van der Waals surface area (Å²) in [6.07, 6.45) is 1.42. The lowest BCUT2D eigenvalue weighted by Crippen LogP contribution is -2.40. The van der Waals surface area contributed by atoms with Gasteiger partial charge in [-0.15, -0.1) is 0 Å². The zero-order valence-electron chi connectivity index (χ0n) is 24.4. The van der Waals surface area contributed by atoms with Crippen LogP contribution >= 0.6 is 39.1 Å². The van der Waals surface area contributed by atoms with E-state index in [4.69, 9.17) is 32.7 Å². The fourth-order valence-electron chi connectivity index (χ4n) is 4.31. The summed E-state index contributed by atoms with van der Waals surface area (Å²) >= 11 is 15.7. The molecule has 1 amide bonds. The van der Waals surface area contributed by atoms with E-state index in [1.165, 1.54) is 25.5 Å². The van der Waals surface area contributed by atoms with Gasteiger partial charge in [0, 0.05) is 15.6 Å². The maximum Gasteiger partial charge on any atom is 0.264 e. The minimum Gasteiger partial charge on any atom is -0.493 e. The second-order valence-electron chi connectivity index (χ2n) is 9.97. The number of amides is 1. The summed E-state index contributed by atoms with van der Waals surface area (Å²) in [6.45, 7) is 5.29. The standard InChI is InChI=1S/C32H30BrCl2N3O5S/c1-20-5-10-26(11-6-20)44(40,41)38(29-12-7-21(2)13-22(29)3)18-31(39)37-36-17-23-14-27(33)32(30(15-23)42-4)43-19-24-8-9-25(34)16-28(24)35/h5-17H,18-19H2,1-4H3,(H,37,39)/b36-17-. The second kappa shape index (κ2) is 14.5. The fraction of sp³-hybridized carbons (Fsp3) is 0.188. The van der Waals surface area contributed by atoms with Gasteiger partial charge in [0.05, 0.1) is 28.4 Å². The van der Waals surface area contributed by atoms with Crippen molar-refractivity contribution in [2.24, 2.45) is 5.10 Å². The number of rotatable bonds is 11. The van der Waals surface area contributed by atoms with Gasteiger partial charge in [-0.1, -0.05) is 64.7 Å². The first-order valence-electron chi connectivity index (χ1n) is 13.3. The molecule has 0 bridgehead atoms. The molecule has 0 radical (unpaired) electrons. The highest BCUT2D eigenvalue weighted by atomic mass is 79.9. The first-order chi connectivity index (χ1) is 20.9. The second-order valence-corrected chi connectivity index (χ2v) is 13.5. The van der Waals surface area contributed by atoms with Crippen molar-refractivity contribution in [2.45, 2.75) is 32.3 Å². The lowest BCUT2D eigenvalue weighted by Gasteiger charge is -2.25. The molecule has 0 saturated heterocycles. The van der Waals surface area contributed by atoms with Crippen LogP contribution in [0.3, 0.4) is 0 Å². The van der Waals surface area contributed by atoms with E-state index in [1.807, 2.05) is 19.9 Å². The molecule has 0 fully saturated rings. The summed E-state index contributed by atoms with van der Waals surface area (Å²) in [5.41, 5.74) is 6.78. The van der Waals surface area contributed by atoms with Gasteiger partial charge in [-0.3, -0.25) is 9.10 Å². The number of sulfonamides is 1. The van der Waals surface area contributed by atoms with E-state index in [-0.39, 0.29) is 11.5 Å². The van der Waals surface area contributed by atoms with Crippen molar-refractivity contribution in [1.82, 2.24) is 5.43 Å². The Morgan fingerprint density at radius 1 is 0.977 bits per heavy atom. The number of halogens is 3. The van der Waals surface area contributed by atoms with Crippen molar-refractivity contribution in [3.63, 3.8) is 0 Å². The molecular formula is C32H30BrCl2N3O5S. The molecule has 0 atom stereocenters. The number of aryl methyl sites for hydroxylation is 3. The van der Waals surface area contributed by atoms with Crippen LogP contribution in [0.1, 0.15) is 27.8 Å². The van der Waals surface area contributed by atoms with Crippen molar-refractivity contribution in [1.29, 1.82) is 0 Å². The van der Waals surface area contributed by atoms with E-state index in [0.29, 0.717) is 37.3 Å². The molecule has 0 unspecified atom stereocenters. The molecule has 12 heteroatoms. The molecule has 230 valence electrons. The van der Waals surface area contributed by atoms with Gasteiger partial charge in [-0.05, 0) is 90.3 Å². The van der Waals surface area contributed by atoms with E-state index >= 15 is 0 Å². The Morgan fingerprint density at radius 3 is 2.34 bits per heavy atom. The molecule has 4 aromatic carbocycles. The normalized spacial score (nSPS) is 11.4. The first kappa shape index (κ1) is 33.3. The molecule has 0 aliphatic rings. The Hall–Kier alpha value is -3.57. The molecule has 0 spiro atoms. The summed E-state index contributed by atoms with van der Waals surface area (Å²) in [4.78, 5) is 13.1. The number of hydrogen-bond donors (Lipinski definition) is 1. The Labute approximate surface area is 275 Å². The number of ether oxygens (including phenoxy) is 2. The van der Waals surface area contributed by atoms with Crippen molar-refractivity contribution in [3.8, 4) is 11.5 Å². The molecule has 0 aliphatic carbocycles. The summed E-state index contributed by atoms with van der Waals surface area (Å²) in [5.74, 6) is 0.246. The highest BCUT2D eigenvalue weighted by Crippen LogP contribution is 2.37. The molecule has 0 aromatic heterocycles. The monoisotopic (exact) mass is 717 g/mol. The maximum absolute atomic E-state index is 13.7. The van der Waals surface area contributed by atoms with Gasteiger partial charge >= 0.3 is 0 Å². The average Bonchev–Trinajstić information content (AvgIpc) is 2.96. The Morgan fingerprint density at radius 2 is 1.68 bits per heavy atom. The number of methoxy groups -OCH3 is 1. The van der Waals surface area contributed by atoms with E-state index in [0.717, 1.165) is 26.6 Å². The van der Waals surface area contributed by atoms with E-state index in [1.54, 1.807) is 61.5 Å². The average molecular weight is 719 g/mol. The largest absolute Gasteiger partial charge is 0.493 e. The van der Waals surface area contributed by atoms with Crippen LogP contribution in [-0.2, 0) is 21.4 Å². The Bertz CT molecular complexity index is 1820. The van der Waals surface area contributed by atoms with Crippen LogP contribution < -0.4 is 19.2 Å². The lowest BCUT2D eigenvalue weighted by atomic mass is 10.1. The van der Waals surface area contributed by atoms with Gasteiger partial charge in [-0.2, -0.15) is 5.10 Å². The molecule has 44 heavy (non-hydrogen) atoms. The maximum atomic E-state index is 13.7. The van der Waals surface area contributed by atoms with Crippen LogP contribution in [0.5, 0.6) is 11.5 Å². The van der Waals surface area contributed by atoms with E-state index < -0.39 is 22.5 Å².